The molecule has 0 aliphatic rings. The van der Waals surface area contributed by atoms with E-state index < -0.39 is 0 Å². The van der Waals surface area contributed by atoms with Gasteiger partial charge in [0.1, 0.15) is 11.9 Å². The molecule has 1 unspecified atom stereocenters. The zero-order chi connectivity index (χ0) is 11.8. The Bertz CT molecular complexity index is 359. The molecule has 0 aliphatic heterocycles. The molecule has 3 heteroatoms. The second-order valence-electron chi connectivity index (χ2n) is 3.41. The van der Waals surface area contributed by atoms with Crippen molar-refractivity contribution in [3.63, 3.8) is 0 Å². The summed E-state index contributed by atoms with van der Waals surface area (Å²) in [7, 11) is 0. The third-order valence-corrected chi connectivity index (χ3v) is 2.83. The van der Waals surface area contributed by atoms with Crippen molar-refractivity contribution < 1.29 is 4.74 Å². The van der Waals surface area contributed by atoms with Gasteiger partial charge in [0.15, 0.2) is 0 Å². The Morgan fingerprint density at radius 3 is 2.94 bits per heavy atom. The van der Waals surface area contributed by atoms with Gasteiger partial charge in [0, 0.05) is 11.4 Å². The average molecular weight is 235 g/mol. The standard InChI is InChI=1S/C13H17NOS/c1-4-9-14-10-11(2)15-12-7-5-6-8-13(12)16-3/h1,5-8,11,14H,9-10H2,2-3H3. The number of ether oxygens (including phenoxy) is 1. The van der Waals surface area contributed by atoms with E-state index in [1.165, 1.54) is 0 Å². The zero-order valence-corrected chi connectivity index (χ0v) is 10.5. The van der Waals surface area contributed by atoms with Crippen LogP contribution in [0, 0.1) is 12.3 Å². The van der Waals surface area contributed by atoms with Gasteiger partial charge < -0.3 is 10.1 Å². The first-order valence-electron chi connectivity index (χ1n) is 5.21. The molecule has 0 aromatic heterocycles. The van der Waals surface area contributed by atoms with Crippen molar-refractivity contribution >= 4 is 11.8 Å². The Balaban J connectivity index is 2.49. The molecule has 0 saturated heterocycles. The minimum atomic E-state index is 0.113. The summed E-state index contributed by atoms with van der Waals surface area (Å²) in [6.45, 7) is 3.37. The highest BCUT2D eigenvalue weighted by molar-refractivity contribution is 7.98. The summed E-state index contributed by atoms with van der Waals surface area (Å²) in [5.74, 6) is 3.47. The van der Waals surface area contributed by atoms with Gasteiger partial charge in [0.05, 0.1) is 6.54 Å². The van der Waals surface area contributed by atoms with Crippen LogP contribution in [0.1, 0.15) is 6.92 Å². The van der Waals surface area contributed by atoms with Crippen LogP contribution in [0.3, 0.4) is 0 Å². The Labute approximate surface area is 102 Å². The molecule has 0 fully saturated rings. The highest BCUT2D eigenvalue weighted by Crippen LogP contribution is 2.27. The van der Waals surface area contributed by atoms with Crippen molar-refractivity contribution in [3.8, 4) is 18.1 Å². The summed E-state index contributed by atoms with van der Waals surface area (Å²) in [4.78, 5) is 1.16. The Morgan fingerprint density at radius 1 is 1.50 bits per heavy atom. The van der Waals surface area contributed by atoms with Gasteiger partial charge in [-0.3, -0.25) is 0 Å². The van der Waals surface area contributed by atoms with E-state index in [-0.39, 0.29) is 6.10 Å². The zero-order valence-electron chi connectivity index (χ0n) is 9.69. The molecule has 1 atom stereocenters. The lowest BCUT2D eigenvalue weighted by atomic mass is 10.3. The van der Waals surface area contributed by atoms with Gasteiger partial charge in [-0.2, -0.15) is 0 Å². The predicted octanol–water partition coefficient (Wildman–Crippen LogP) is 2.40. The first-order chi connectivity index (χ1) is 7.77. The molecule has 0 amide bonds. The number of terminal acetylenes is 1. The third-order valence-electron chi connectivity index (χ3n) is 2.06. The molecule has 0 saturated carbocycles. The monoisotopic (exact) mass is 235 g/mol. The third kappa shape index (κ3) is 4.18. The van der Waals surface area contributed by atoms with E-state index in [0.717, 1.165) is 17.2 Å². The second-order valence-corrected chi connectivity index (χ2v) is 4.26. The first-order valence-corrected chi connectivity index (χ1v) is 6.44. The first kappa shape index (κ1) is 13.0. The molecule has 1 rings (SSSR count). The molecule has 0 radical (unpaired) electrons. The molecule has 1 aromatic rings. The minimum absolute atomic E-state index is 0.113. The normalized spacial score (nSPS) is 11.8. The maximum atomic E-state index is 5.83. The lowest BCUT2D eigenvalue weighted by Gasteiger charge is -2.16. The average Bonchev–Trinajstić information content (AvgIpc) is 2.30. The Hall–Kier alpha value is -1.11. The number of para-hydroxylation sites is 1. The van der Waals surface area contributed by atoms with E-state index >= 15 is 0 Å². The number of benzene rings is 1. The number of rotatable bonds is 6. The molecular formula is C13H17NOS. The Kier molecular flexibility index (Phi) is 5.84. The molecule has 1 N–H and O–H groups in total. The van der Waals surface area contributed by atoms with Crippen molar-refractivity contribution in [1.82, 2.24) is 5.32 Å². The van der Waals surface area contributed by atoms with Crippen molar-refractivity contribution in [1.29, 1.82) is 0 Å². The number of thioether (sulfide) groups is 1. The van der Waals surface area contributed by atoms with Crippen LogP contribution >= 0.6 is 11.8 Å². The summed E-state index contributed by atoms with van der Waals surface area (Å²) in [5.41, 5.74) is 0. The molecule has 0 spiro atoms. The molecule has 0 bridgehead atoms. The molecular weight excluding hydrogens is 218 g/mol. The van der Waals surface area contributed by atoms with Crippen molar-refractivity contribution in [2.45, 2.75) is 17.9 Å². The van der Waals surface area contributed by atoms with Gasteiger partial charge in [-0.05, 0) is 25.3 Å². The van der Waals surface area contributed by atoms with Crippen molar-refractivity contribution in [2.24, 2.45) is 0 Å². The van der Waals surface area contributed by atoms with Gasteiger partial charge in [-0.1, -0.05) is 18.1 Å². The van der Waals surface area contributed by atoms with E-state index in [0.29, 0.717) is 6.54 Å². The van der Waals surface area contributed by atoms with Gasteiger partial charge in [-0.15, -0.1) is 18.2 Å². The van der Waals surface area contributed by atoms with Crippen LogP contribution in [0.5, 0.6) is 5.75 Å². The number of nitrogens with one attached hydrogen (secondary N) is 1. The van der Waals surface area contributed by atoms with Crippen LogP contribution in [0.4, 0.5) is 0 Å². The Morgan fingerprint density at radius 2 is 2.25 bits per heavy atom. The van der Waals surface area contributed by atoms with Crippen LogP contribution < -0.4 is 10.1 Å². The maximum absolute atomic E-state index is 5.83. The van der Waals surface area contributed by atoms with Crippen LogP contribution in [-0.4, -0.2) is 25.4 Å². The largest absolute Gasteiger partial charge is 0.488 e. The SMILES string of the molecule is C#CCNCC(C)Oc1ccccc1SC. The van der Waals surface area contributed by atoms with Gasteiger partial charge >= 0.3 is 0 Å². The minimum Gasteiger partial charge on any atom is -0.488 e. The second kappa shape index (κ2) is 7.21. The van der Waals surface area contributed by atoms with Crippen LogP contribution in [-0.2, 0) is 0 Å². The van der Waals surface area contributed by atoms with Crippen LogP contribution in [0.25, 0.3) is 0 Å². The van der Waals surface area contributed by atoms with Crippen LogP contribution in [0.2, 0.25) is 0 Å². The van der Waals surface area contributed by atoms with Gasteiger partial charge in [0.2, 0.25) is 0 Å². The van der Waals surface area contributed by atoms with E-state index in [9.17, 15) is 0 Å². The van der Waals surface area contributed by atoms with E-state index in [1.807, 2.05) is 31.4 Å². The van der Waals surface area contributed by atoms with Crippen molar-refractivity contribution in [3.05, 3.63) is 24.3 Å². The van der Waals surface area contributed by atoms with E-state index in [1.54, 1.807) is 11.8 Å². The molecule has 1 aromatic carbocycles. The highest BCUT2D eigenvalue weighted by atomic mass is 32.2. The van der Waals surface area contributed by atoms with Gasteiger partial charge in [0.25, 0.3) is 0 Å². The summed E-state index contributed by atoms with van der Waals surface area (Å²) < 4.78 is 5.83. The van der Waals surface area contributed by atoms with Crippen molar-refractivity contribution in [2.75, 3.05) is 19.3 Å². The molecule has 86 valence electrons. The number of hydrogen-bond acceptors (Lipinski definition) is 3. The molecule has 16 heavy (non-hydrogen) atoms. The van der Waals surface area contributed by atoms with E-state index in [2.05, 4.69) is 17.3 Å². The highest BCUT2D eigenvalue weighted by Gasteiger charge is 2.06. The number of hydrogen-bond donors (Lipinski definition) is 1. The quantitative estimate of drug-likeness (QED) is 0.465. The van der Waals surface area contributed by atoms with Gasteiger partial charge in [-0.25, -0.2) is 0 Å². The summed E-state index contributed by atoms with van der Waals surface area (Å²) in [6, 6.07) is 8.04. The summed E-state index contributed by atoms with van der Waals surface area (Å²) >= 11 is 1.69. The lowest BCUT2D eigenvalue weighted by Crippen LogP contribution is -2.29. The smallest absolute Gasteiger partial charge is 0.133 e. The summed E-state index contributed by atoms with van der Waals surface area (Å²) in [5, 5.41) is 3.12. The maximum Gasteiger partial charge on any atom is 0.133 e. The fourth-order valence-corrected chi connectivity index (χ4v) is 1.85. The lowest BCUT2D eigenvalue weighted by molar-refractivity contribution is 0.214. The van der Waals surface area contributed by atoms with E-state index in [4.69, 9.17) is 11.2 Å². The molecule has 2 nitrogen and oxygen atoms in total. The molecule has 0 heterocycles. The molecule has 0 aliphatic carbocycles. The fraction of sp³-hybridized carbons (Fsp3) is 0.385. The topological polar surface area (TPSA) is 21.3 Å². The fourth-order valence-electron chi connectivity index (χ4n) is 1.32. The predicted molar refractivity (Wildman–Crippen MR) is 70.0 cm³/mol. The summed E-state index contributed by atoms with van der Waals surface area (Å²) in [6.07, 6.45) is 7.31. The van der Waals surface area contributed by atoms with Crippen LogP contribution in [0.15, 0.2) is 29.2 Å².